The fraction of sp³-hybridized carbons (Fsp3) is 0.381. The van der Waals surface area contributed by atoms with Crippen molar-refractivity contribution in [3.8, 4) is 11.5 Å². The molecule has 2 aromatic carbocycles. The number of anilines is 1. The zero-order valence-electron chi connectivity index (χ0n) is 14.8. The summed E-state index contributed by atoms with van der Waals surface area (Å²) in [6, 6.07) is 15.4. The van der Waals surface area contributed by atoms with Crippen LogP contribution in [-0.2, 0) is 4.79 Å². The molecule has 0 saturated carbocycles. The van der Waals surface area contributed by atoms with Crippen molar-refractivity contribution < 1.29 is 14.6 Å². The van der Waals surface area contributed by atoms with Gasteiger partial charge in [-0.15, -0.1) is 0 Å². The van der Waals surface area contributed by atoms with E-state index in [0.29, 0.717) is 6.42 Å². The summed E-state index contributed by atoms with van der Waals surface area (Å²) >= 11 is 0. The minimum atomic E-state index is 0.161. The second kappa shape index (κ2) is 7.60. The Balaban J connectivity index is 1.56. The van der Waals surface area contributed by atoms with Gasteiger partial charge < -0.3 is 19.5 Å². The smallest absolute Gasteiger partial charge is 0.130 e. The molecule has 0 radical (unpaired) electrons. The van der Waals surface area contributed by atoms with Gasteiger partial charge in [-0.25, -0.2) is 0 Å². The van der Waals surface area contributed by atoms with Gasteiger partial charge >= 0.3 is 0 Å². The van der Waals surface area contributed by atoms with Crippen LogP contribution >= 0.6 is 0 Å². The average molecular weight is 339 g/mol. The molecule has 0 spiro atoms. The van der Waals surface area contributed by atoms with Crippen LogP contribution in [0.4, 0.5) is 5.69 Å². The Morgan fingerprint density at radius 2 is 1.88 bits per heavy atom. The maximum atomic E-state index is 11.2. The molecule has 0 aliphatic carbocycles. The van der Waals surface area contributed by atoms with Crippen LogP contribution in [-0.4, -0.2) is 30.1 Å². The van der Waals surface area contributed by atoms with Gasteiger partial charge in [-0.1, -0.05) is 19.1 Å². The molecule has 3 rings (SSSR count). The highest BCUT2D eigenvalue weighted by atomic mass is 16.5. The van der Waals surface area contributed by atoms with Crippen LogP contribution in [0.25, 0.3) is 0 Å². The van der Waals surface area contributed by atoms with Crippen LogP contribution in [0, 0.1) is 0 Å². The van der Waals surface area contributed by atoms with Crippen LogP contribution in [0.15, 0.2) is 48.5 Å². The van der Waals surface area contributed by atoms with E-state index >= 15 is 0 Å². The van der Waals surface area contributed by atoms with E-state index in [9.17, 15) is 9.90 Å². The van der Waals surface area contributed by atoms with E-state index in [2.05, 4.69) is 24.0 Å². The van der Waals surface area contributed by atoms with Crippen molar-refractivity contribution in [2.75, 3.05) is 18.0 Å². The molecular weight excluding hydrogens is 314 g/mol. The molecule has 132 valence electrons. The molecule has 2 atom stereocenters. The van der Waals surface area contributed by atoms with Gasteiger partial charge in [0.05, 0.1) is 6.54 Å². The number of aromatic hydroxyl groups is 1. The van der Waals surface area contributed by atoms with E-state index in [0.717, 1.165) is 30.9 Å². The van der Waals surface area contributed by atoms with Gasteiger partial charge in [0, 0.05) is 25.1 Å². The largest absolute Gasteiger partial charge is 0.508 e. The molecule has 1 fully saturated rings. The van der Waals surface area contributed by atoms with Crippen molar-refractivity contribution in [3.05, 3.63) is 54.1 Å². The van der Waals surface area contributed by atoms with E-state index < -0.39 is 0 Å². The molecule has 0 unspecified atom stereocenters. The lowest BCUT2D eigenvalue weighted by atomic mass is 9.96. The summed E-state index contributed by atoms with van der Waals surface area (Å²) in [4.78, 5) is 13.5. The minimum Gasteiger partial charge on any atom is -0.508 e. The molecular formula is C21H25NO3. The SMILES string of the molecule is CC(=O)C[C@@H](C)c1ccc(O[C@@H]2CCN(c3ccc(O)cc3)C2)cc1. The lowest BCUT2D eigenvalue weighted by molar-refractivity contribution is -0.117. The summed E-state index contributed by atoms with van der Waals surface area (Å²) < 4.78 is 6.11. The molecule has 1 N–H and O–H groups in total. The van der Waals surface area contributed by atoms with Crippen molar-refractivity contribution in [2.24, 2.45) is 0 Å². The topological polar surface area (TPSA) is 49.8 Å². The Morgan fingerprint density at radius 3 is 2.52 bits per heavy atom. The number of carbonyl (C=O) groups is 1. The highest BCUT2D eigenvalue weighted by Gasteiger charge is 2.24. The molecule has 4 nitrogen and oxygen atoms in total. The third-order valence-electron chi connectivity index (χ3n) is 4.71. The van der Waals surface area contributed by atoms with Gasteiger partial charge in [0.2, 0.25) is 0 Å². The number of carbonyl (C=O) groups excluding carboxylic acids is 1. The predicted octanol–water partition coefficient (Wildman–Crippen LogP) is 4.13. The number of ketones is 1. The quantitative estimate of drug-likeness (QED) is 0.859. The number of benzene rings is 2. The molecule has 2 aromatic rings. The molecule has 1 saturated heterocycles. The molecule has 1 heterocycles. The molecule has 1 aliphatic heterocycles. The summed E-state index contributed by atoms with van der Waals surface area (Å²) in [5.41, 5.74) is 2.27. The Hall–Kier alpha value is -2.49. The molecule has 0 amide bonds. The van der Waals surface area contributed by atoms with Gasteiger partial charge in [-0.3, -0.25) is 0 Å². The van der Waals surface area contributed by atoms with Crippen molar-refractivity contribution in [1.29, 1.82) is 0 Å². The van der Waals surface area contributed by atoms with E-state index in [-0.39, 0.29) is 23.6 Å². The van der Waals surface area contributed by atoms with Gasteiger partial charge in [0.15, 0.2) is 0 Å². The molecule has 25 heavy (non-hydrogen) atoms. The second-order valence-corrected chi connectivity index (χ2v) is 6.87. The van der Waals surface area contributed by atoms with Crippen LogP contribution in [0.3, 0.4) is 0 Å². The zero-order chi connectivity index (χ0) is 17.8. The van der Waals surface area contributed by atoms with Crippen molar-refractivity contribution >= 4 is 11.5 Å². The van der Waals surface area contributed by atoms with Gasteiger partial charge in [0.1, 0.15) is 23.4 Å². The van der Waals surface area contributed by atoms with Crippen LogP contribution in [0.5, 0.6) is 11.5 Å². The van der Waals surface area contributed by atoms with Gasteiger partial charge in [-0.05, 0) is 54.8 Å². The highest BCUT2D eigenvalue weighted by Crippen LogP contribution is 2.26. The molecule has 0 aromatic heterocycles. The van der Waals surface area contributed by atoms with Crippen LogP contribution in [0.1, 0.15) is 38.2 Å². The maximum Gasteiger partial charge on any atom is 0.130 e. The number of ether oxygens (including phenoxy) is 1. The first-order valence-electron chi connectivity index (χ1n) is 8.81. The zero-order valence-corrected chi connectivity index (χ0v) is 14.8. The summed E-state index contributed by atoms with van der Waals surface area (Å²) in [5.74, 6) is 1.61. The summed E-state index contributed by atoms with van der Waals surface area (Å²) in [6.45, 7) is 5.49. The Labute approximate surface area is 149 Å². The molecule has 0 bridgehead atoms. The maximum absolute atomic E-state index is 11.2. The standard InChI is InChI=1S/C21H25NO3/c1-15(13-16(2)23)17-3-9-20(10-4-17)25-21-11-12-22(14-21)18-5-7-19(24)8-6-18/h3-10,15,21,24H,11-14H2,1-2H3/t15-,21-/m1/s1. The second-order valence-electron chi connectivity index (χ2n) is 6.87. The lowest BCUT2D eigenvalue weighted by Crippen LogP contribution is -2.24. The number of Topliss-reactive ketones (excluding diaryl/α,β-unsaturated/α-hetero) is 1. The number of hydrogen-bond donors (Lipinski definition) is 1. The van der Waals surface area contributed by atoms with E-state index in [4.69, 9.17) is 4.74 Å². The van der Waals surface area contributed by atoms with E-state index in [1.54, 1.807) is 19.1 Å². The molecule has 4 heteroatoms. The average Bonchev–Trinajstić information content (AvgIpc) is 3.04. The Bertz CT molecular complexity index is 709. The first kappa shape index (κ1) is 17.3. The summed E-state index contributed by atoms with van der Waals surface area (Å²) in [6.07, 6.45) is 1.71. The van der Waals surface area contributed by atoms with E-state index in [1.165, 1.54) is 5.56 Å². The number of nitrogens with zero attached hydrogens (tertiary/aromatic N) is 1. The monoisotopic (exact) mass is 339 g/mol. The number of rotatable bonds is 6. The lowest BCUT2D eigenvalue weighted by Gasteiger charge is -2.19. The fourth-order valence-electron chi connectivity index (χ4n) is 3.34. The Kier molecular flexibility index (Phi) is 5.27. The minimum absolute atomic E-state index is 0.161. The first-order valence-corrected chi connectivity index (χ1v) is 8.81. The highest BCUT2D eigenvalue weighted by molar-refractivity contribution is 5.76. The van der Waals surface area contributed by atoms with Crippen LogP contribution in [0.2, 0.25) is 0 Å². The normalized spacial score (nSPS) is 18.2. The molecule has 1 aliphatic rings. The van der Waals surface area contributed by atoms with Crippen LogP contribution < -0.4 is 9.64 Å². The van der Waals surface area contributed by atoms with Gasteiger partial charge in [-0.2, -0.15) is 0 Å². The van der Waals surface area contributed by atoms with E-state index in [1.807, 2.05) is 24.3 Å². The number of phenols is 1. The predicted molar refractivity (Wildman–Crippen MR) is 99.5 cm³/mol. The number of hydrogen-bond acceptors (Lipinski definition) is 4. The summed E-state index contributed by atoms with van der Waals surface area (Å²) in [5, 5.41) is 9.39. The Morgan fingerprint density at radius 1 is 1.20 bits per heavy atom. The first-order chi connectivity index (χ1) is 12.0. The van der Waals surface area contributed by atoms with Crippen molar-refractivity contribution in [3.63, 3.8) is 0 Å². The third kappa shape index (κ3) is 4.53. The third-order valence-corrected chi connectivity index (χ3v) is 4.71. The fourth-order valence-corrected chi connectivity index (χ4v) is 3.34. The summed E-state index contributed by atoms with van der Waals surface area (Å²) in [7, 11) is 0. The number of phenolic OH excluding ortho intramolecular Hbond substituents is 1. The van der Waals surface area contributed by atoms with Gasteiger partial charge in [0.25, 0.3) is 0 Å². The van der Waals surface area contributed by atoms with Crippen molar-refractivity contribution in [1.82, 2.24) is 0 Å². The van der Waals surface area contributed by atoms with Crippen molar-refractivity contribution in [2.45, 2.75) is 38.7 Å².